The SMILES string of the molecule is CCOC(=O)C([NH+](C)C)C(C)(C=O)Cc1ccc2c(c1)OCO2.[Cl-]. The van der Waals surface area contributed by atoms with Crippen LogP contribution in [-0.2, 0) is 20.7 Å². The molecule has 0 bridgehead atoms. The number of halogens is 1. The van der Waals surface area contributed by atoms with Gasteiger partial charge in [0.1, 0.15) is 6.29 Å². The van der Waals surface area contributed by atoms with Gasteiger partial charge in [0, 0.05) is 0 Å². The summed E-state index contributed by atoms with van der Waals surface area (Å²) in [4.78, 5) is 25.0. The lowest BCUT2D eigenvalue weighted by molar-refractivity contribution is -0.882. The number of fused-ring (bicyclic) bond motifs is 1. The zero-order valence-corrected chi connectivity index (χ0v) is 15.2. The van der Waals surface area contributed by atoms with Gasteiger partial charge in [0.15, 0.2) is 17.5 Å². The molecule has 0 fully saturated rings. The fourth-order valence-electron chi connectivity index (χ4n) is 3.09. The fraction of sp³-hybridized carbons (Fsp3) is 0.529. The Morgan fingerprint density at radius 2 is 2.04 bits per heavy atom. The monoisotopic (exact) mass is 357 g/mol. The minimum absolute atomic E-state index is 0. The minimum atomic E-state index is -0.876. The first-order chi connectivity index (χ1) is 10.9. The molecule has 0 aromatic heterocycles. The largest absolute Gasteiger partial charge is 1.00 e. The molecular weight excluding hydrogens is 334 g/mol. The number of ether oxygens (including phenoxy) is 3. The second-order valence-corrected chi connectivity index (χ2v) is 6.25. The van der Waals surface area contributed by atoms with Crippen LogP contribution in [0.15, 0.2) is 18.2 Å². The van der Waals surface area contributed by atoms with Gasteiger partial charge in [-0.25, -0.2) is 4.79 Å². The van der Waals surface area contributed by atoms with Gasteiger partial charge in [-0.3, -0.25) is 0 Å². The number of carbonyl (C=O) groups excluding carboxylic acids is 2. The van der Waals surface area contributed by atoms with Crippen molar-refractivity contribution in [1.29, 1.82) is 0 Å². The predicted octanol–water partition coefficient (Wildman–Crippen LogP) is -2.76. The number of hydrogen-bond donors (Lipinski definition) is 1. The van der Waals surface area contributed by atoms with Gasteiger partial charge in [-0.05, 0) is 38.0 Å². The maximum atomic E-state index is 12.3. The van der Waals surface area contributed by atoms with Gasteiger partial charge in [0.2, 0.25) is 6.79 Å². The van der Waals surface area contributed by atoms with Crippen LogP contribution in [-0.4, -0.2) is 45.8 Å². The van der Waals surface area contributed by atoms with Gasteiger partial charge >= 0.3 is 5.97 Å². The van der Waals surface area contributed by atoms with Crippen LogP contribution < -0.4 is 26.8 Å². The second kappa shape index (κ2) is 8.35. The Morgan fingerprint density at radius 1 is 1.38 bits per heavy atom. The summed E-state index contributed by atoms with van der Waals surface area (Å²) in [5.74, 6) is 1.00. The van der Waals surface area contributed by atoms with E-state index >= 15 is 0 Å². The third-order valence-electron chi connectivity index (χ3n) is 4.05. The summed E-state index contributed by atoms with van der Waals surface area (Å²) < 4.78 is 15.8. The molecule has 1 aromatic carbocycles. The molecule has 0 saturated heterocycles. The third-order valence-corrected chi connectivity index (χ3v) is 4.05. The van der Waals surface area contributed by atoms with Crippen molar-refractivity contribution in [3.63, 3.8) is 0 Å². The van der Waals surface area contributed by atoms with E-state index in [0.29, 0.717) is 24.5 Å². The molecular formula is C17H24ClNO5. The van der Waals surface area contributed by atoms with E-state index in [0.717, 1.165) is 16.7 Å². The molecule has 1 aliphatic heterocycles. The third kappa shape index (κ3) is 4.19. The summed E-state index contributed by atoms with van der Waals surface area (Å²) >= 11 is 0. The van der Waals surface area contributed by atoms with Crippen molar-refractivity contribution in [2.75, 3.05) is 27.5 Å². The Hall–Kier alpha value is -1.79. The number of aldehydes is 1. The maximum Gasteiger partial charge on any atom is 0.365 e. The summed E-state index contributed by atoms with van der Waals surface area (Å²) in [6, 6.07) is 5.00. The molecule has 2 atom stereocenters. The summed E-state index contributed by atoms with van der Waals surface area (Å²) in [5.41, 5.74) is 0.0399. The molecule has 134 valence electrons. The fourth-order valence-corrected chi connectivity index (χ4v) is 3.09. The highest BCUT2D eigenvalue weighted by Gasteiger charge is 2.45. The topological polar surface area (TPSA) is 66.3 Å². The van der Waals surface area contributed by atoms with Crippen molar-refractivity contribution >= 4 is 12.3 Å². The number of esters is 1. The summed E-state index contributed by atoms with van der Waals surface area (Å²) in [6.07, 6.45) is 1.27. The van der Waals surface area contributed by atoms with Gasteiger partial charge in [0.05, 0.1) is 26.1 Å². The van der Waals surface area contributed by atoms with Crippen LogP contribution in [0.1, 0.15) is 19.4 Å². The van der Waals surface area contributed by atoms with Gasteiger partial charge < -0.3 is 36.3 Å². The highest BCUT2D eigenvalue weighted by molar-refractivity contribution is 5.81. The Morgan fingerprint density at radius 3 is 2.62 bits per heavy atom. The standard InChI is InChI=1S/C17H23NO5.ClH/c1-5-21-16(20)15(18(3)4)17(2,10-19)9-12-6-7-13-14(8-12)23-11-22-13;/h6-8,10,15H,5,9,11H2,1-4H3;1H. The average molecular weight is 358 g/mol. The normalized spacial score (nSPS) is 16.0. The van der Waals surface area contributed by atoms with Gasteiger partial charge in [-0.1, -0.05) is 6.07 Å². The molecule has 7 heteroatoms. The first kappa shape index (κ1) is 20.3. The number of rotatable bonds is 7. The number of likely N-dealkylation sites (N-methyl/N-ethyl adjacent to an activating group) is 1. The number of benzene rings is 1. The van der Waals surface area contributed by atoms with E-state index in [2.05, 4.69) is 0 Å². The first-order valence-corrected chi connectivity index (χ1v) is 7.73. The van der Waals surface area contributed by atoms with E-state index in [1.807, 2.05) is 32.3 Å². The lowest BCUT2D eigenvalue weighted by Crippen LogP contribution is -3.13. The van der Waals surface area contributed by atoms with Gasteiger partial charge in [-0.2, -0.15) is 0 Å². The molecule has 1 aliphatic rings. The second-order valence-electron chi connectivity index (χ2n) is 6.25. The molecule has 0 saturated carbocycles. The highest BCUT2D eigenvalue weighted by atomic mass is 35.5. The maximum absolute atomic E-state index is 12.3. The van der Waals surface area contributed by atoms with E-state index in [1.54, 1.807) is 13.8 Å². The van der Waals surface area contributed by atoms with Crippen LogP contribution in [0.3, 0.4) is 0 Å². The van der Waals surface area contributed by atoms with E-state index in [1.165, 1.54) is 0 Å². The Bertz CT molecular complexity index is 592. The summed E-state index contributed by atoms with van der Waals surface area (Å²) in [6.45, 7) is 4.05. The van der Waals surface area contributed by atoms with Crippen LogP contribution in [0.5, 0.6) is 11.5 Å². The Balaban J connectivity index is 0.00000288. The highest BCUT2D eigenvalue weighted by Crippen LogP contribution is 2.34. The molecule has 0 aliphatic carbocycles. The summed E-state index contributed by atoms with van der Waals surface area (Å²) in [7, 11) is 3.70. The zero-order chi connectivity index (χ0) is 17.0. The van der Waals surface area contributed by atoms with Gasteiger partial charge in [0.25, 0.3) is 0 Å². The van der Waals surface area contributed by atoms with Crippen molar-refractivity contribution in [1.82, 2.24) is 0 Å². The van der Waals surface area contributed by atoms with Crippen LogP contribution in [0.25, 0.3) is 0 Å². The van der Waals surface area contributed by atoms with E-state index in [-0.39, 0.29) is 25.2 Å². The molecule has 0 amide bonds. The molecule has 6 nitrogen and oxygen atoms in total. The molecule has 1 N–H and O–H groups in total. The number of carbonyl (C=O) groups is 2. The first-order valence-electron chi connectivity index (χ1n) is 7.73. The molecule has 2 unspecified atom stereocenters. The number of nitrogens with one attached hydrogen (secondary N) is 1. The number of hydrogen-bond acceptors (Lipinski definition) is 5. The lowest BCUT2D eigenvalue weighted by atomic mass is 9.77. The van der Waals surface area contributed by atoms with E-state index in [9.17, 15) is 9.59 Å². The molecule has 2 rings (SSSR count). The molecule has 24 heavy (non-hydrogen) atoms. The summed E-state index contributed by atoms with van der Waals surface area (Å²) in [5, 5.41) is 0. The molecule has 0 radical (unpaired) electrons. The van der Waals surface area contributed by atoms with Crippen LogP contribution in [0.4, 0.5) is 0 Å². The van der Waals surface area contributed by atoms with Crippen molar-refractivity contribution in [2.24, 2.45) is 5.41 Å². The average Bonchev–Trinajstić information content (AvgIpc) is 2.94. The predicted molar refractivity (Wildman–Crippen MR) is 83.7 cm³/mol. The molecule has 0 spiro atoms. The molecule has 1 aromatic rings. The lowest BCUT2D eigenvalue weighted by Gasteiger charge is -2.32. The van der Waals surface area contributed by atoms with Crippen molar-refractivity contribution in [2.45, 2.75) is 26.3 Å². The Kier molecular flexibility index (Phi) is 7.05. The van der Waals surface area contributed by atoms with Crippen molar-refractivity contribution in [3.8, 4) is 11.5 Å². The Labute approximate surface area is 148 Å². The van der Waals surface area contributed by atoms with Crippen molar-refractivity contribution in [3.05, 3.63) is 23.8 Å². The molecule has 1 heterocycles. The van der Waals surface area contributed by atoms with E-state index < -0.39 is 11.5 Å². The van der Waals surface area contributed by atoms with Crippen molar-refractivity contribution < 1.29 is 41.1 Å². The van der Waals surface area contributed by atoms with Gasteiger partial charge in [-0.15, -0.1) is 0 Å². The van der Waals surface area contributed by atoms with E-state index in [4.69, 9.17) is 14.2 Å². The minimum Gasteiger partial charge on any atom is -1.00 e. The smallest absolute Gasteiger partial charge is 0.365 e. The zero-order valence-electron chi connectivity index (χ0n) is 14.4. The van der Waals surface area contributed by atoms with Crippen LogP contribution >= 0.6 is 0 Å². The number of quaternary nitrogens is 1. The van der Waals surface area contributed by atoms with Crippen LogP contribution in [0, 0.1) is 5.41 Å². The van der Waals surface area contributed by atoms with Crippen LogP contribution in [0.2, 0.25) is 0 Å². The quantitative estimate of drug-likeness (QED) is 0.423.